The number of fused-ring (bicyclic) bond motifs is 1. The molecule has 10 nitrogen and oxygen atoms in total. The van der Waals surface area contributed by atoms with Crippen molar-refractivity contribution >= 4 is 45.5 Å². The Labute approximate surface area is 235 Å². The summed E-state index contributed by atoms with van der Waals surface area (Å²) in [6.07, 6.45) is 7.08. The number of nitrogens with one attached hydrogen (secondary N) is 2. The lowest BCUT2D eigenvalue weighted by Crippen LogP contribution is -2.47. The fraction of sp³-hybridized carbons (Fsp3) is 0.333. The minimum Gasteiger partial charge on any atom is -0.345 e. The number of piperidine rings is 1. The SMILES string of the molecule is CNCC1CCN(C(=O)N2CCn3cc(C4=C(c5cnc6ccccn56)C(=O)NC4=O)c4cc(F)cc(c43)C2)CC1. The normalized spacial score (nSPS) is 18.1. The first-order valence-electron chi connectivity index (χ1n) is 14.0. The zero-order valence-corrected chi connectivity index (χ0v) is 22.7. The summed E-state index contributed by atoms with van der Waals surface area (Å²) in [5, 5.41) is 6.19. The van der Waals surface area contributed by atoms with E-state index >= 15 is 4.39 Å². The summed E-state index contributed by atoms with van der Waals surface area (Å²) in [5.74, 6) is -0.947. The minimum atomic E-state index is -0.531. The summed E-state index contributed by atoms with van der Waals surface area (Å²) in [6.45, 7) is 3.55. The van der Waals surface area contributed by atoms with E-state index in [-0.39, 0.29) is 23.7 Å². The Hall–Kier alpha value is -4.51. The van der Waals surface area contributed by atoms with Crippen molar-refractivity contribution in [2.24, 2.45) is 5.92 Å². The van der Waals surface area contributed by atoms with E-state index in [9.17, 15) is 14.4 Å². The van der Waals surface area contributed by atoms with Crippen LogP contribution < -0.4 is 10.6 Å². The van der Waals surface area contributed by atoms with Crippen molar-refractivity contribution in [2.45, 2.75) is 25.9 Å². The summed E-state index contributed by atoms with van der Waals surface area (Å²) in [5.41, 5.74) is 3.44. The summed E-state index contributed by atoms with van der Waals surface area (Å²) < 4.78 is 18.9. The number of likely N-dealkylation sites (tertiary alicyclic amines) is 1. The summed E-state index contributed by atoms with van der Waals surface area (Å²) >= 11 is 0. The molecule has 0 spiro atoms. The Kier molecular flexibility index (Phi) is 6.11. The molecule has 0 aliphatic carbocycles. The molecule has 1 aromatic carbocycles. The van der Waals surface area contributed by atoms with Gasteiger partial charge in [0.1, 0.15) is 11.5 Å². The molecule has 0 saturated carbocycles. The molecule has 0 atom stereocenters. The largest absolute Gasteiger partial charge is 0.345 e. The molecule has 11 heteroatoms. The second-order valence-electron chi connectivity index (χ2n) is 11.0. The molecule has 7 rings (SSSR count). The predicted molar refractivity (Wildman–Crippen MR) is 151 cm³/mol. The zero-order chi connectivity index (χ0) is 28.2. The number of aromatic nitrogens is 3. The van der Waals surface area contributed by atoms with Gasteiger partial charge in [0, 0.05) is 56.1 Å². The number of carbonyl (C=O) groups is 3. The lowest BCUT2D eigenvalue weighted by molar-refractivity contribution is -0.122. The monoisotopic (exact) mass is 555 g/mol. The van der Waals surface area contributed by atoms with Crippen molar-refractivity contribution in [3.05, 3.63) is 71.6 Å². The highest BCUT2D eigenvalue weighted by Crippen LogP contribution is 2.38. The van der Waals surface area contributed by atoms with Crippen LogP contribution in [-0.4, -0.2) is 74.8 Å². The number of carbonyl (C=O) groups excluding carboxylic acids is 3. The Morgan fingerprint density at radius 1 is 1.07 bits per heavy atom. The number of benzene rings is 1. The van der Waals surface area contributed by atoms with Gasteiger partial charge in [0.2, 0.25) is 0 Å². The van der Waals surface area contributed by atoms with Gasteiger partial charge >= 0.3 is 6.03 Å². The van der Waals surface area contributed by atoms with Gasteiger partial charge < -0.3 is 19.7 Å². The van der Waals surface area contributed by atoms with Crippen LogP contribution in [0, 0.1) is 11.7 Å². The number of amides is 4. The number of rotatable bonds is 4. The number of urea groups is 1. The van der Waals surface area contributed by atoms with Gasteiger partial charge in [-0.1, -0.05) is 6.07 Å². The molecule has 2 N–H and O–H groups in total. The number of hydrogen-bond donors (Lipinski definition) is 2. The zero-order valence-electron chi connectivity index (χ0n) is 22.7. The highest BCUT2D eigenvalue weighted by atomic mass is 19.1. The van der Waals surface area contributed by atoms with Gasteiger partial charge in [0.25, 0.3) is 11.8 Å². The molecule has 0 radical (unpaired) electrons. The minimum absolute atomic E-state index is 0.0327. The van der Waals surface area contributed by atoms with Crippen molar-refractivity contribution in [3.63, 3.8) is 0 Å². The predicted octanol–water partition coefficient (Wildman–Crippen LogP) is 2.86. The third-order valence-electron chi connectivity index (χ3n) is 8.51. The summed E-state index contributed by atoms with van der Waals surface area (Å²) in [7, 11) is 1.95. The lowest BCUT2D eigenvalue weighted by Gasteiger charge is -2.35. The van der Waals surface area contributed by atoms with Gasteiger partial charge in [0.15, 0.2) is 0 Å². The molecule has 3 aliphatic rings. The molecular formula is C30H30FN7O3. The molecule has 3 aliphatic heterocycles. The average Bonchev–Trinajstić information content (AvgIpc) is 3.59. The molecule has 210 valence electrons. The Balaban J connectivity index is 1.28. The van der Waals surface area contributed by atoms with Gasteiger partial charge in [-0.3, -0.25) is 19.3 Å². The Bertz CT molecular complexity index is 1760. The van der Waals surface area contributed by atoms with E-state index in [4.69, 9.17) is 0 Å². The quantitative estimate of drug-likeness (QED) is 0.377. The van der Waals surface area contributed by atoms with Crippen LogP contribution in [-0.2, 0) is 22.7 Å². The molecule has 6 heterocycles. The van der Waals surface area contributed by atoms with Crippen LogP contribution in [0.3, 0.4) is 0 Å². The molecule has 0 bridgehead atoms. The molecule has 0 unspecified atom stereocenters. The van der Waals surface area contributed by atoms with Crippen LogP contribution >= 0.6 is 0 Å². The Morgan fingerprint density at radius 2 is 1.88 bits per heavy atom. The topological polar surface area (TPSA) is 104 Å². The smallest absolute Gasteiger partial charge is 0.320 e. The number of pyridine rings is 1. The average molecular weight is 556 g/mol. The molecular weight excluding hydrogens is 525 g/mol. The Morgan fingerprint density at radius 3 is 2.68 bits per heavy atom. The maximum atomic E-state index is 15.1. The van der Waals surface area contributed by atoms with Crippen LogP contribution in [0.15, 0.2) is 48.9 Å². The van der Waals surface area contributed by atoms with E-state index in [0.717, 1.165) is 24.9 Å². The number of hydrogen-bond acceptors (Lipinski definition) is 5. The second-order valence-corrected chi connectivity index (χ2v) is 11.0. The molecule has 41 heavy (non-hydrogen) atoms. The van der Waals surface area contributed by atoms with E-state index in [0.29, 0.717) is 60.0 Å². The van der Waals surface area contributed by atoms with Crippen molar-refractivity contribution < 1.29 is 18.8 Å². The first-order valence-corrected chi connectivity index (χ1v) is 14.0. The fourth-order valence-electron chi connectivity index (χ4n) is 6.55. The van der Waals surface area contributed by atoms with Gasteiger partial charge in [-0.2, -0.15) is 0 Å². The first kappa shape index (κ1) is 25.5. The number of nitrogens with zero attached hydrogens (tertiary/aromatic N) is 5. The van der Waals surface area contributed by atoms with Crippen molar-refractivity contribution in [2.75, 3.05) is 33.2 Å². The summed E-state index contributed by atoms with van der Waals surface area (Å²) in [6, 6.07) is 8.32. The van der Waals surface area contributed by atoms with E-state index in [1.165, 1.54) is 12.1 Å². The maximum Gasteiger partial charge on any atom is 0.320 e. The fourth-order valence-corrected chi connectivity index (χ4v) is 6.55. The molecule has 4 aromatic rings. The molecule has 1 saturated heterocycles. The number of imidazole rings is 1. The van der Waals surface area contributed by atoms with E-state index in [2.05, 4.69) is 15.6 Å². The molecule has 3 aromatic heterocycles. The lowest BCUT2D eigenvalue weighted by atomic mass is 9.97. The number of imide groups is 1. The van der Waals surface area contributed by atoms with Crippen molar-refractivity contribution in [1.29, 1.82) is 0 Å². The second kappa shape index (κ2) is 9.84. The van der Waals surface area contributed by atoms with E-state index < -0.39 is 17.6 Å². The number of halogens is 1. The maximum absolute atomic E-state index is 15.1. The van der Waals surface area contributed by atoms with Crippen LogP contribution in [0.25, 0.3) is 27.7 Å². The van der Waals surface area contributed by atoms with Crippen LogP contribution in [0.2, 0.25) is 0 Å². The highest BCUT2D eigenvalue weighted by Gasteiger charge is 2.36. The van der Waals surface area contributed by atoms with E-state index in [1.807, 2.05) is 40.9 Å². The van der Waals surface area contributed by atoms with Gasteiger partial charge in [-0.15, -0.1) is 0 Å². The standard InChI is InChI=1S/C30H30FN7O3/c1-32-14-18-5-8-35(9-6-18)30(41)37-11-10-36-17-22(21-13-20(31)12-19(16-37)27(21)36)25-26(29(40)34-28(25)39)23-15-33-24-4-2-3-7-38(23)24/h2-4,7,12-13,15,17-18,32H,5-6,8-11,14,16H2,1H3,(H,34,39,40). The van der Waals surface area contributed by atoms with Gasteiger partial charge in [-0.05, 0) is 62.2 Å². The third-order valence-corrected chi connectivity index (χ3v) is 8.51. The van der Waals surface area contributed by atoms with E-state index in [1.54, 1.807) is 21.7 Å². The van der Waals surface area contributed by atoms with Crippen LogP contribution in [0.4, 0.5) is 9.18 Å². The highest BCUT2D eigenvalue weighted by molar-refractivity contribution is 6.49. The molecule has 1 fully saturated rings. The van der Waals surface area contributed by atoms with Crippen molar-refractivity contribution in [3.8, 4) is 0 Å². The third kappa shape index (κ3) is 4.19. The first-order chi connectivity index (χ1) is 19.9. The van der Waals surface area contributed by atoms with Crippen LogP contribution in [0.5, 0.6) is 0 Å². The van der Waals surface area contributed by atoms with Gasteiger partial charge in [-0.25, -0.2) is 14.2 Å². The molecule has 4 amide bonds. The van der Waals surface area contributed by atoms with Gasteiger partial charge in [0.05, 0.1) is 28.6 Å². The van der Waals surface area contributed by atoms with Crippen LogP contribution in [0.1, 0.15) is 29.7 Å². The van der Waals surface area contributed by atoms with Crippen molar-refractivity contribution in [1.82, 2.24) is 34.4 Å². The summed E-state index contributed by atoms with van der Waals surface area (Å²) in [4.78, 5) is 47.9.